The first kappa shape index (κ1) is 20.9. The van der Waals surface area contributed by atoms with Crippen LogP contribution in [0.1, 0.15) is 32.6 Å². The van der Waals surface area contributed by atoms with Gasteiger partial charge < -0.3 is 14.8 Å². The summed E-state index contributed by atoms with van der Waals surface area (Å²) in [7, 11) is 3.20. The number of hydrogen-bond donors (Lipinski definition) is 1. The zero-order valence-corrected chi connectivity index (χ0v) is 17.2. The zero-order valence-electron chi connectivity index (χ0n) is 16.4. The summed E-state index contributed by atoms with van der Waals surface area (Å²) in [6.45, 7) is 4.62. The van der Waals surface area contributed by atoms with E-state index in [1.165, 1.54) is 18.6 Å². The summed E-state index contributed by atoms with van der Waals surface area (Å²) in [5.41, 5.74) is 0.694. The van der Waals surface area contributed by atoms with E-state index < -0.39 is 0 Å². The van der Waals surface area contributed by atoms with Gasteiger partial charge in [-0.1, -0.05) is 0 Å². The van der Waals surface area contributed by atoms with Crippen molar-refractivity contribution >= 4 is 23.4 Å². The van der Waals surface area contributed by atoms with E-state index in [0.29, 0.717) is 35.6 Å². The summed E-state index contributed by atoms with van der Waals surface area (Å²) in [5, 5.41) is 2.96. The highest BCUT2D eigenvalue weighted by atomic mass is 32.2. The van der Waals surface area contributed by atoms with Crippen molar-refractivity contribution in [1.29, 1.82) is 0 Å². The Bertz CT molecular complexity index is 574. The number of benzene rings is 1. The van der Waals surface area contributed by atoms with Crippen LogP contribution < -0.4 is 14.8 Å². The maximum atomic E-state index is 12.3. The van der Waals surface area contributed by atoms with E-state index in [1.807, 2.05) is 23.9 Å². The fourth-order valence-corrected chi connectivity index (χ4v) is 4.17. The molecule has 2 rings (SSSR count). The van der Waals surface area contributed by atoms with Gasteiger partial charge in [0.25, 0.3) is 0 Å². The summed E-state index contributed by atoms with van der Waals surface area (Å²) < 4.78 is 10.5. The summed E-state index contributed by atoms with van der Waals surface area (Å²) in [5.74, 6) is 3.22. The number of carbonyl (C=O) groups is 1. The second-order valence-corrected chi connectivity index (χ2v) is 7.85. The van der Waals surface area contributed by atoms with Crippen LogP contribution in [0.15, 0.2) is 18.2 Å². The number of likely N-dealkylation sites (tertiary alicyclic amines) is 1. The molecule has 1 saturated heterocycles. The highest BCUT2D eigenvalue weighted by Crippen LogP contribution is 2.29. The first-order chi connectivity index (χ1) is 12.6. The number of amides is 1. The average molecular weight is 381 g/mol. The SMILES string of the molecule is COc1ccc(NC(=O)CCC2CCN(C(C)CSC)CC2)c(OC)c1. The lowest BCUT2D eigenvalue weighted by Crippen LogP contribution is -2.41. The van der Waals surface area contributed by atoms with E-state index in [0.717, 1.165) is 19.5 Å². The fraction of sp³-hybridized carbons (Fsp3) is 0.650. The first-order valence-electron chi connectivity index (χ1n) is 9.32. The Kier molecular flexibility index (Phi) is 8.59. The Balaban J connectivity index is 1.76. The highest BCUT2D eigenvalue weighted by molar-refractivity contribution is 7.98. The van der Waals surface area contributed by atoms with E-state index in [2.05, 4.69) is 23.4 Å². The van der Waals surface area contributed by atoms with E-state index in [9.17, 15) is 4.79 Å². The Morgan fingerprint density at radius 1 is 1.31 bits per heavy atom. The molecule has 1 aliphatic rings. The molecule has 1 atom stereocenters. The van der Waals surface area contributed by atoms with Crippen LogP contribution in [0.3, 0.4) is 0 Å². The van der Waals surface area contributed by atoms with Crippen molar-refractivity contribution in [2.24, 2.45) is 5.92 Å². The largest absolute Gasteiger partial charge is 0.497 e. The minimum Gasteiger partial charge on any atom is -0.497 e. The maximum absolute atomic E-state index is 12.3. The van der Waals surface area contributed by atoms with Gasteiger partial charge in [-0.2, -0.15) is 11.8 Å². The van der Waals surface area contributed by atoms with E-state index in [-0.39, 0.29) is 5.91 Å². The van der Waals surface area contributed by atoms with Gasteiger partial charge in [0.1, 0.15) is 11.5 Å². The van der Waals surface area contributed by atoms with Crippen LogP contribution in [-0.2, 0) is 4.79 Å². The fourth-order valence-electron chi connectivity index (χ4n) is 3.48. The smallest absolute Gasteiger partial charge is 0.224 e. The van der Waals surface area contributed by atoms with Crippen molar-refractivity contribution in [1.82, 2.24) is 4.90 Å². The van der Waals surface area contributed by atoms with E-state index in [4.69, 9.17) is 9.47 Å². The first-order valence-corrected chi connectivity index (χ1v) is 10.7. The quantitative estimate of drug-likeness (QED) is 0.704. The summed E-state index contributed by atoms with van der Waals surface area (Å²) in [6, 6.07) is 6.07. The lowest BCUT2D eigenvalue weighted by molar-refractivity contribution is -0.116. The molecule has 146 valence electrons. The van der Waals surface area contributed by atoms with Gasteiger partial charge in [0.05, 0.1) is 19.9 Å². The zero-order chi connectivity index (χ0) is 18.9. The molecule has 1 heterocycles. The summed E-state index contributed by atoms with van der Waals surface area (Å²) in [4.78, 5) is 14.9. The van der Waals surface area contributed by atoms with E-state index >= 15 is 0 Å². The molecule has 0 aliphatic carbocycles. The van der Waals surface area contributed by atoms with Crippen LogP contribution in [0, 0.1) is 5.92 Å². The molecule has 0 bridgehead atoms. The highest BCUT2D eigenvalue weighted by Gasteiger charge is 2.23. The van der Waals surface area contributed by atoms with Gasteiger partial charge in [-0.3, -0.25) is 9.69 Å². The minimum absolute atomic E-state index is 0.0478. The second kappa shape index (κ2) is 10.7. The number of anilines is 1. The van der Waals surface area contributed by atoms with Gasteiger partial charge in [0, 0.05) is 24.3 Å². The van der Waals surface area contributed by atoms with Gasteiger partial charge in [-0.15, -0.1) is 0 Å². The van der Waals surface area contributed by atoms with Crippen LogP contribution in [0.25, 0.3) is 0 Å². The van der Waals surface area contributed by atoms with Crippen molar-refractivity contribution in [2.75, 3.05) is 44.6 Å². The molecule has 0 saturated carbocycles. The number of thioether (sulfide) groups is 1. The van der Waals surface area contributed by atoms with Gasteiger partial charge in [-0.25, -0.2) is 0 Å². The minimum atomic E-state index is 0.0478. The van der Waals surface area contributed by atoms with Crippen molar-refractivity contribution in [2.45, 2.75) is 38.6 Å². The molecule has 0 radical (unpaired) electrons. The number of ether oxygens (including phenoxy) is 2. The molecule has 1 amide bonds. The predicted molar refractivity (Wildman–Crippen MR) is 110 cm³/mol. The molecular weight excluding hydrogens is 348 g/mol. The Morgan fingerprint density at radius 3 is 2.65 bits per heavy atom. The van der Waals surface area contributed by atoms with Crippen molar-refractivity contribution in [3.8, 4) is 11.5 Å². The molecule has 1 unspecified atom stereocenters. The molecule has 1 N–H and O–H groups in total. The lowest BCUT2D eigenvalue weighted by Gasteiger charge is -2.35. The molecule has 1 aromatic carbocycles. The Morgan fingerprint density at radius 2 is 2.04 bits per heavy atom. The number of nitrogens with one attached hydrogen (secondary N) is 1. The third-order valence-electron chi connectivity index (χ3n) is 5.14. The van der Waals surface area contributed by atoms with Crippen molar-refractivity contribution < 1.29 is 14.3 Å². The third-order valence-corrected chi connectivity index (χ3v) is 5.96. The van der Waals surface area contributed by atoms with Crippen LogP contribution in [0.2, 0.25) is 0 Å². The number of rotatable bonds is 9. The van der Waals surface area contributed by atoms with E-state index in [1.54, 1.807) is 20.3 Å². The molecule has 1 aromatic rings. The number of methoxy groups -OCH3 is 2. The van der Waals surface area contributed by atoms with Crippen LogP contribution in [0.4, 0.5) is 5.69 Å². The average Bonchev–Trinajstić information content (AvgIpc) is 2.67. The molecule has 26 heavy (non-hydrogen) atoms. The molecule has 1 fully saturated rings. The molecule has 0 spiro atoms. The number of nitrogens with zero attached hydrogens (tertiary/aromatic N) is 1. The normalized spacial score (nSPS) is 16.9. The predicted octanol–water partition coefficient (Wildman–Crippen LogP) is 3.89. The second-order valence-electron chi connectivity index (χ2n) is 6.94. The molecule has 5 nitrogen and oxygen atoms in total. The van der Waals surface area contributed by atoms with Crippen LogP contribution in [0.5, 0.6) is 11.5 Å². The van der Waals surface area contributed by atoms with Gasteiger partial charge >= 0.3 is 0 Å². The van der Waals surface area contributed by atoms with Gasteiger partial charge in [-0.05, 0) is 63.6 Å². The van der Waals surface area contributed by atoms with Gasteiger partial charge in [0.15, 0.2) is 0 Å². The monoisotopic (exact) mass is 380 g/mol. The summed E-state index contributed by atoms with van der Waals surface area (Å²) in [6.07, 6.45) is 6.06. The molecule has 1 aliphatic heterocycles. The topological polar surface area (TPSA) is 50.8 Å². The molecular formula is C20H32N2O3S. The van der Waals surface area contributed by atoms with Gasteiger partial charge in [0.2, 0.25) is 5.91 Å². The molecule has 0 aromatic heterocycles. The Hall–Kier alpha value is -1.40. The third kappa shape index (κ3) is 6.09. The number of carbonyl (C=O) groups excluding carboxylic acids is 1. The summed E-state index contributed by atoms with van der Waals surface area (Å²) >= 11 is 1.91. The standard InChI is InChI=1S/C20H32N2O3S/c1-15(14-26-4)22-11-9-16(10-12-22)5-8-20(23)21-18-7-6-17(24-2)13-19(18)25-3/h6-7,13,15-16H,5,8-12,14H2,1-4H3,(H,21,23). The maximum Gasteiger partial charge on any atom is 0.224 e. The van der Waals surface area contributed by atoms with Crippen molar-refractivity contribution in [3.63, 3.8) is 0 Å². The van der Waals surface area contributed by atoms with Crippen molar-refractivity contribution in [3.05, 3.63) is 18.2 Å². The molecule has 6 heteroatoms. The lowest BCUT2D eigenvalue weighted by atomic mass is 9.91. The van der Waals surface area contributed by atoms with Crippen LogP contribution >= 0.6 is 11.8 Å². The van der Waals surface area contributed by atoms with Crippen LogP contribution in [-0.4, -0.2) is 56.2 Å². The Labute approximate surface area is 161 Å². The number of piperidine rings is 1. The number of hydrogen-bond acceptors (Lipinski definition) is 5.